The second kappa shape index (κ2) is 7.44. The van der Waals surface area contributed by atoms with Gasteiger partial charge in [-0.2, -0.15) is 0 Å². The fourth-order valence-corrected chi connectivity index (χ4v) is 3.65. The van der Waals surface area contributed by atoms with Gasteiger partial charge in [0.05, 0.1) is 6.54 Å². The number of hydrogen-bond donors (Lipinski definition) is 2. The van der Waals surface area contributed by atoms with E-state index in [9.17, 15) is 14.7 Å². The monoisotopic (exact) mass is 346 g/mol. The van der Waals surface area contributed by atoms with Crippen LogP contribution in [0, 0.1) is 0 Å². The number of imide groups is 1. The average molecular weight is 346 g/mol. The first-order valence-electron chi connectivity index (χ1n) is 9.08. The van der Waals surface area contributed by atoms with E-state index in [1.165, 1.54) is 0 Å². The summed E-state index contributed by atoms with van der Waals surface area (Å²) < 4.78 is 5.61. The number of carbonyl (C=O) groups is 2. The quantitative estimate of drug-likeness (QED) is 0.775. The Bertz CT molecular complexity index is 640. The SMILES string of the molecule is CCc1cccc(OC[C@H](O)CN2C(=O)NC3(CCCCC3)C2=O)c1. The van der Waals surface area contributed by atoms with Gasteiger partial charge in [-0.3, -0.25) is 9.69 Å². The number of urea groups is 1. The molecule has 2 aliphatic rings. The Morgan fingerprint density at radius 2 is 2.04 bits per heavy atom. The number of β-amino-alcohol motifs (C(OH)–C–C–N with tert-alkyl or cyclic N) is 1. The number of carbonyl (C=O) groups excluding carboxylic acids is 2. The number of ether oxygens (including phenoxy) is 1. The van der Waals surface area contributed by atoms with Crippen molar-refractivity contribution in [3.05, 3.63) is 29.8 Å². The second-order valence-electron chi connectivity index (χ2n) is 6.95. The summed E-state index contributed by atoms with van der Waals surface area (Å²) in [6.45, 7) is 2.06. The summed E-state index contributed by atoms with van der Waals surface area (Å²) in [6, 6.07) is 7.28. The summed E-state index contributed by atoms with van der Waals surface area (Å²) in [6.07, 6.45) is 4.34. The molecule has 1 spiro atoms. The molecule has 25 heavy (non-hydrogen) atoms. The fourth-order valence-electron chi connectivity index (χ4n) is 3.65. The van der Waals surface area contributed by atoms with Crippen molar-refractivity contribution < 1.29 is 19.4 Å². The summed E-state index contributed by atoms with van der Waals surface area (Å²) in [4.78, 5) is 26.0. The van der Waals surface area contributed by atoms with E-state index < -0.39 is 17.7 Å². The highest BCUT2D eigenvalue weighted by Crippen LogP contribution is 2.33. The molecule has 1 saturated heterocycles. The summed E-state index contributed by atoms with van der Waals surface area (Å²) in [7, 11) is 0. The third-order valence-electron chi connectivity index (χ3n) is 5.10. The smallest absolute Gasteiger partial charge is 0.325 e. The molecule has 0 unspecified atom stereocenters. The molecule has 2 fully saturated rings. The molecule has 6 heteroatoms. The summed E-state index contributed by atoms with van der Waals surface area (Å²) in [5.74, 6) is 0.476. The van der Waals surface area contributed by atoms with E-state index in [1.54, 1.807) is 0 Å². The Labute approximate surface area is 148 Å². The van der Waals surface area contributed by atoms with Gasteiger partial charge < -0.3 is 15.2 Å². The number of benzene rings is 1. The van der Waals surface area contributed by atoms with Gasteiger partial charge in [0.1, 0.15) is 24.0 Å². The van der Waals surface area contributed by atoms with Crippen LogP contribution < -0.4 is 10.1 Å². The molecular weight excluding hydrogens is 320 g/mol. The van der Waals surface area contributed by atoms with Crippen molar-refractivity contribution in [1.82, 2.24) is 10.2 Å². The Morgan fingerprint density at radius 3 is 2.76 bits per heavy atom. The van der Waals surface area contributed by atoms with Crippen LogP contribution >= 0.6 is 0 Å². The molecule has 1 saturated carbocycles. The molecule has 6 nitrogen and oxygen atoms in total. The maximum absolute atomic E-state index is 12.7. The van der Waals surface area contributed by atoms with E-state index in [0.717, 1.165) is 36.1 Å². The lowest BCUT2D eigenvalue weighted by Crippen LogP contribution is -2.48. The van der Waals surface area contributed by atoms with Gasteiger partial charge in [-0.25, -0.2) is 4.79 Å². The zero-order chi connectivity index (χ0) is 17.9. The number of rotatable bonds is 6. The van der Waals surface area contributed by atoms with Crippen LogP contribution in [0.1, 0.15) is 44.6 Å². The fraction of sp³-hybridized carbons (Fsp3) is 0.579. The number of aryl methyl sites for hydroxylation is 1. The summed E-state index contributed by atoms with van der Waals surface area (Å²) >= 11 is 0. The van der Waals surface area contributed by atoms with Gasteiger partial charge in [-0.15, -0.1) is 0 Å². The number of amides is 3. The van der Waals surface area contributed by atoms with Gasteiger partial charge in [-0.05, 0) is 37.0 Å². The molecule has 3 rings (SSSR count). The van der Waals surface area contributed by atoms with E-state index in [2.05, 4.69) is 12.2 Å². The lowest BCUT2D eigenvalue weighted by molar-refractivity contribution is -0.133. The first-order valence-corrected chi connectivity index (χ1v) is 9.08. The van der Waals surface area contributed by atoms with Crippen LogP contribution in [0.25, 0.3) is 0 Å². The van der Waals surface area contributed by atoms with Crippen LogP contribution in [0.3, 0.4) is 0 Å². The molecule has 1 aromatic carbocycles. The van der Waals surface area contributed by atoms with Crippen molar-refractivity contribution in [1.29, 1.82) is 0 Å². The minimum atomic E-state index is -0.918. The second-order valence-corrected chi connectivity index (χ2v) is 6.95. The van der Waals surface area contributed by atoms with Crippen molar-refractivity contribution in [2.45, 2.75) is 57.1 Å². The topological polar surface area (TPSA) is 78.9 Å². The lowest BCUT2D eigenvalue weighted by atomic mass is 9.82. The zero-order valence-corrected chi connectivity index (χ0v) is 14.7. The van der Waals surface area contributed by atoms with Crippen LogP contribution in [0.5, 0.6) is 5.75 Å². The summed E-state index contributed by atoms with van der Waals surface area (Å²) in [5.41, 5.74) is 0.408. The largest absolute Gasteiger partial charge is 0.491 e. The molecule has 0 radical (unpaired) electrons. The lowest BCUT2D eigenvalue weighted by Gasteiger charge is -2.30. The van der Waals surface area contributed by atoms with Gasteiger partial charge in [0.25, 0.3) is 5.91 Å². The van der Waals surface area contributed by atoms with Crippen molar-refractivity contribution in [2.75, 3.05) is 13.2 Å². The maximum atomic E-state index is 12.7. The predicted molar refractivity (Wildman–Crippen MR) is 93.4 cm³/mol. The van der Waals surface area contributed by atoms with Crippen LogP contribution in [-0.2, 0) is 11.2 Å². The molecule has 1 heterocycles. The van der Waals surface area contributed by atoms with E-state index in [-0.39, 0.29) is 19.1 Å². The first kappa shape index (κ1) is 17.7. The van der Waals surface area contributed by atoms with Gasteiger partial charge >= 0.3 is 6.03 Å². The number of aliphatic hydroxyl groups is 1. The van der Waals surface area contributed by atoms with Gasteiger partial charge in [0.2, 0.25) is 0 Å². The van der Waals surface area contributed by atoms with Crippen LogP contribution in [0.2, 0.25) is 0 Å². The van der Waals surface area contributed by atoms with E-state index in [1.807, 2.05) is 24.3 Å². The standard InChI is InChI=1S/C19H26N2O4/c1-2-14-7-6-8-16(11-14)25-13-15(22)12-21-17(23)19(20-18(21)24)9-4-3-5-10-19/h6-8,11,15,22H,2-5,9-10,12-13H2,1H3,(H,20,24)/t15-/m1/s1. The van der Waals surface area contributed by atoms with Gasteiger partial charge in [0.15, 0.2) is 0 Å². The molecule has 0 aromatic heterocycles. The maximum Gasteiger partial charge on any atom is 0.325 e. The molecule has 136 valence electrons. The Balaban J connectivity index is 1.56. The number of hydrogen-bond acceptors (Lipinski definition) is 4. The van der Waals surface area contributed by atoms with Gasteiger partial charge in [0, 0.05) is 0 Å². The first-order chi connectivity index (χ1) is 12.0. The molecule has 1 aliphatic heterocycles. The molecule has 2 N–H and O–H groups in total. The molecule has 1 atom stereocenters. The Hall–Kier alpha value is -2.08. The third-order valence-corrected chi connectivity index (χ3v) is 5.10. The van der Waals surface area contributed by atoms with Crippen molar-refractivity contribution in [2.24, 2.45) is 0 Å². The van der Waals surface area contributed by atoms with Crippen LogP contribution in [0.15, 0.2) is 24.3 Å². The third kappa shape index (κ3) is 3.79. The zero-order valence-electron chi connectivity index (χ0n) is 14.7. The number of nitrogens with one attached hydrogen (secondary N) is 1. The number of aliphatic hydroxyl groups excluding tert-OH is 1. The van der Waals surface area contributed by atoms with Crippen molar-refractivity contribution >= 4 is 11.9 Å². The van der Waals surface area contributed by atoms with E-state index in [0.29, 0.717) is 18.6 Å². The highest BCUT2D eigenvalue weighted by atomic mass is 16.5. The van der Waals surface area contributed by atoms with E-state index in [4.69, 9.17) is 4.74 Å². The van der Waals surface area contributed by atoms with Crippen molar-refractivity contribution in [3.63, 3.8) is 0 Å². The molecule has 0 bridgehead atoms. The molecular formula is C19H26N2O4. The Morgan fingerprint density at radius 1 is 1.28 bits per heavy atom. The predicted octanol–water partition coefficient (Wildman–Crippen LogP) is 2.24. The number of nitrogens with zero attached hydrogens (tertiary/aromatic N) is 1. The minimum absolute atomic E-state index is 0.0389. The van der Waals surface area contributed by atoms with E-state index >= 15 is 0 Å². The van der Waals surface area contributed by atoms with Gasteiger partial charge in [-0.1, -0.05) is 38.3 Å². The van der Waals surface area contributed by atoms with Crippen molar-refractivity contribution in [3.8, 4) is 5.75 Å². The Kier molecular flexibility index (Phi) is 5.27. The average Bonchev–Trinajstić information content (AvgIpc) is 2.85. The molecule has 1 aromatic rings. The normalized spacial score (nSPS) is 20.6. The summed E-state index contributed by atoms with van der Waals surface area (Å²) in [5, 5.41) is 13.1. The van der Waals surface area contributed by atoms with Crippen LogP contribution in [0.4, 0.5) is 4.79 Å². The molecule has 1 aliphatic carbocycles. The highest BCUT2D eigenvalue weighted by Gasteiger charge is 2.51. The highest BCUT2D eigenvalue weighted by molar-refractivity contribution is 6.07. The van der Waals surface area contributed by atoms with Crippen LogP contribution in [-0.4, -0.2) is 46.7 Å². The molecule has 3 amide bonds. The minimum Gasteiger partial charge on any atom is -0.491 e.